The molecule has 7 nitrogen and oxygen atoms in total. The van der Waals surface area contributed by atoms with E-state index >= 15 is 0 Å². The van der Waals surface area contributed by atoms with E-state index in [2.05, 4.69) is 4.74 Å². The minimum atomic E-state index is -6.54. The minimum Gasteiger partial charge on any atom is -0.748 e. The molecule has 0 N–H and O–H groups in total. The third kappa shape index (κ3) is 4.23. The number of rotatable bonds is 4. The number of benzene rings is 2. The quantitative estimate of drug-likeness (QED) is 0.310. The number of hydrogen-bond donors (Lipinski definition) is 0. The molecule has 0 spiro atoms. The van der Waals surface area contributed by atoms with Crippen LogP contribution in [-0.2, 0) is 14.9 Å². The lowest BCUT2D eigenvalue weighted by molar-refractivity contribution is -0.356. The monoisotopic (exact) mass is 495 g/mol. The van der Waals surface area contributed by atoms with Gasteiger partial charge in [0.1, 0.15) is 0 Å². The van der Waals surface area contributed by atoms with Crippen molar-refractivity contribution in [3.63, 3.8) is 0 Å². The van der Waals surface area contributed by atoms with Gasteiger partial charge in [-0.05, 0) is 18.2 Å². The zero-order chi connectivity index (χ0) is 25.0. The summed E-state index contributed by atoms with van der Waals surface area (Å²) in [6.45, 7) is 0. The molecule has 0 bridgehead atoms. The second-order valence-corrected chi connectivity index (χ2v) is 8.28. The number of hydrogen-bond acceptors (Lipinski definition) is 7. The summed E-state index contributed by atoms with van der Waals surface area (Å²) in [5.74, 6) is -7.00. The summed E-state index contributed by atoms with van der Waals surface area (Å²) < 4.78 is 116. The van der Waals surface area contributed by atoms with E-state index in [0.717, 1.165) is 6.07 Å². The Hall–Kier alpha value is -3.26. The molecule has 176 valence electrons. The zero-order valence-electron chi connectivity index (χ0n) is 15.8. The van der Waals surface area contributed by atoms with Gasteiger partial charge >= 0.3 is 23.9 Å². The van der Waals surface area contributed by atoms with Crippen molar-refractivity contribution < 1.29 is 58.4 Å². The first-order valence-electron chi connectivity index (χ1n) is 8.61. The van der Waals surface area contributed by atoms with Crippen molar-refractivity contribution in [2.45, 2.75) is 18.0 Å². The largest absolute Gasteiger partial charge is 0.748 e. The Morgan fingerprint density at radius 2 is 1.27 bits per heavy atom. The molecule has 0 aromatic heterocycles. The van der Waals surface area contributed by atoms with Gasteiger partial charge in [0.05, 0.1) is 21.4 Å². The fraction of sp³-hybridized carbons (Fsp3) is 0.211. The number of carbonyl (C=O) groups is 3. The number of esters is 1. The van der Waals surface area contributed by atoms with Crippen LogP contribution in [0, 0.1) is 0 Å². The van der Waals surface area contributed by atoms with Crippen LogP contribution >= 0.6 is 0 Å². The van der Waals surface area contributed by atoms with E-state index in [0.29, 0.717) is 12.1 Å². The van der Waals surface area contributed by atoms with Crippen LogP contribution in [0.4, 0.5) is 26.3 Å². The summed E-state index contributed by atoms with van der Waals surface area (Å²) in [7, 11) is -6.21. The molecule has 3 rings (SSSR count). The molecule has 33 heavy (non-hydrogen) atoms. The molecule has 2 aromatic rings. The first kappa shape index (κ1) is 24.4. The Morgan fingerprint density at radius 1 is 0.818 bits per heavy atom. The average Bonchev–Trinajstić information content (AvgIpc) is 2.68. The maximum Gasteiger partial charge on any atom is 0.438 e. The van der Waals surface area contributed by atoms with Crippen molar-refractivity contribution in [1.29, 1.82) is 0 Å². The number of ether oxygens (including phenoxy) is 1. The van der Waals surface area contributed by atoms with E-state index in [1.807, 2.05) is 0 Å². The van der Waals surface area contributed by atoms with Gasteiger partial charge in [0.2, 0.25) is 0 Å². The number of halogens is 6. The van der Waals surface area contributed by atoms with Crippen molar-refractivity contribution >= 4 is 27.7 Å². The van der Waals surface area contributed by atoms with Gasteiger partial charge in [-0.15, -0.1) is 0 Å². The Labute approximate surface area is 180 Å². The van der Waals surface area contributed by atoms with E-state index in [4.69, 9.17) is 0 Å². The van der Waals surface area contributed by atoms with Gasteiger partial charge in [0, 0.05) is 22.3 Å². The third-order valence-corrected chi connectivity index (χ3v) is 5.48. The van der Waals surface area contributed by atoms with Crippen LogP contribution in [0.1, 0.15) is 42.2 Å². The molecule has 0 fully saturated rings. The molecule has 0 radical (unpaired) electrons. The molecule has 14 heteroatoms. The van der Waals surface area contributed by atoms with Crippen LogP contribution in [-0.4, -0.2) is 54.2 Å². The number of ketones is 2. The fourth-order valence-electron chi connectivity index (χ4n) is 3.16. The van der Waals surface area contributed by atoms with Gasteiger partial charge in [-0.3, -0.25) is 9.59 Å². The van der Waals surface area contributed by atoms with Crippen molar-refractivity contribution in [2.24, 2.45) is 0 Å². The summed E-state index contributed by atoms with van der Waals surface area (Å²) in [6.07, 6.45) is -13.1. The minimum absolute atomic E-state index is 0.000797. The van der Waals surface area contributed by atoms with Crippen LogP contribution in [0.3, 0.4) is 0 Å². The summed E-state index contributed by atoms with van der Waals surface area (Å²) in [6, 6.07) is 7.44. The van der Waals surface area contributed by atoms with E-state index < -0.39 is 62.5 Å². The molecule has 0 atom stereocenters. The summed E-state index contributed by atoms with van der Waals surface area (Å²) in [4.78, 5) is 37.4. The summed E-state index contributed by atoms with van der Waals surface area (Å²) in [5.41, 5.74) is -7.56. The molecule has 1 aliphatic rings. The SMILES string of the molecule is O=C(OC(CS(=O)(=O)[O-])(C(F)(F)F)C(F)(F)F)c1ccc2c(c1)C(=O)c1ccccc1C2=O. The zero-order valence-corrected chi connectivity index (χ0v) is 16.6. The standard InChI is InChI=1S/C19H10F6O7S/c20-18(21,22)17(19(23,24)25,8-33(29,30)31)32-16(28)9-5-6-12-13(7-9)15(27)11-4-2-1-3-10(11)14(12)26/h1-7H,8H2,(H,29,30,31)/p-1. The number of fused-ring (bicyclic) bond motifs is 2. The van der Waals surface area contributed by atoms with Crippen molar-refractivity contribution in [3.05, 3.63) is 70.3 Å². The average molecular weight is 495 g/mol. The highest BCUT2D eigenvalue weighted by molar-refractivity contribution is 7.85. The van der Waals surface area contributed by atoms with E-state index in [-0.39, 0.29) is 16.7 Å². The van der Waals surface area contributed by atoms with Gasteiger partial charge in [0.15, 0.2) is 11.6 Å². The molecule has 0 saturated heterocycles. The highest BCUT2D eigenvalue weighted by Crippen LogP contribution is 2.47. The van der Waals surface area contributed by atoms with Crippen molar-refractivity contribution in [1.82, 2.24) is 0 Å². The van der Waals surface area contributed by atoms with E-state index in [9.17, 15) is 53.7 Å². The van der Waals surface area contributed by atoms with Crippen LogP contribution in [0.25, 0.3) is 0 Å². The predicted octanol–water partition coefficient (Wildman–Crippen LogP) is 3.03. The normalized spacial score (nSPS) is 14.5. The second-order valence-electron chi connectivity index (χ2n) is 6.88. The maximum absolute atomic E-state index is 13.3. The summed E-state index contributed by atoms with van der Waals surface area (Å²) >= 11 is 0. The summed E-state index contributed by atoms with van der Waals surface area (Å²) in [5, 5.41) is 0. The molecule has 0 heterocycles. The molecule has 1 aliphatic carbocycles. The fourth-order valence-corrected chi connectivity index (χ4v) is 4.05. The molecule has 0 unspecified atom stereocenters. The van der Waals surface area contributed by atoms with Crippen molar-refractivity contribution in [2.75, 3.05) is 5.75 Å². The van der Waals surface area contributed by atoms with Crippen molar-refractivity contribution in [3.8, 4) is 0 Å². The Balaban J connectivity index is 2.08. The van der Waals surface area contributed by atoms with Gasteiger partial charge in [-0.1, -0.05) is 24.3 Å². The van der Waals surface area contributed by atoms with Gasteiger partial charge in [-0.25, -0.2) is 13.2 Å². The first-order valence-corrected chi connectivity index (χ1v) is 10.2. The maximum atomic E-state index is 13.3. The Kier molecular flexibility index (Phi) is 5.66. The number of alkyl halides is 6. The Bertz CT molecular complexity index is 1260. The van der Waals surface area contributed by atoms with Crippen LogP contribution < -0.4 is 0 Å². The topological polar surface area (TPSA) is 118 Å². The molecule has 2 aromatic carbocycles. The molecule has 0 saturated carbocycles. The third-order valence-electron chi connectivity index (χ3n) is 4.72. The lowest BCUT2D eigenvalue weighted by Gasteiger charge is -2.36. The van der Waals surface area contributed by atoms with Gasteiger partial charge in [0.25, 0.3) is 0 Å². The number of carbonyl (C=O) groups excluding carboxylic acids is 3. The van der Waals surface area contributed by atoms with Gasteiger partial charge in [-0.2, -0.15) is 26.3 Å². The highest BCUT2D eigenvalue weighted by atomic mass is 32.2. The lowest BCUT2D eigenvalue weighted by Crippen LogP contribution is -2.63. The lowest BCUT2D eigenvalue weighted by atomic mass is 9.83. The highest BCUT2D eigenvalue weighted by Gasteiger charge is 2.75. The predicted molar refractivity (Wildman–Crippen MR) is 94.6 cm³/mol. The smallest absolute Gasteiger partial charge is 0.438 e. The Morgan fingerprint density at radius 3 is 1.73 bits per heavy atom. The van der Waals surface area contributed by atoms with Gasteiger partial charge < -0.3 is 9.29 Å². The van der Waals surface area contributed by atoms with E-state index in [1.165, 1.54) is 24.3 Å². The molecular formula is C19H9F6O7S-. The molecular weight excluding hydrogens is 486 g/mol. The second kappa shape index (κ2) is 7.66. The van der Waals surface area contributed by atoms with Crippen LogP contribution in [0.15, 0.2) is 42.5 Å². The van der Waals surface area contributed by atoms with Crippen LogP contribution in [0.5, 0.6) is 0 Å². The first-order chi connectivity index (χ1) is 15.0. The van der Waals surface area contributed by atoms with E-state index in [1.54, 1.807) is 0 Å². The van der Waals surface area contributed by atoms with Crippen LogP contribution in [0.2, 0.25) is 0 Å². The molecule has 0 amide bonds. The molecule has 0 aliphatic heterocycles.